The van der Waals surface area contributed by atoms with Gasteiger partial charge in [0, 0.05) is 33.4 Å². The van der Waals surface area contributed by atoms with Crippen molar-refractivity contribution in [1.82, 2.24) is 10.2 Å². The van der Waals surface area contributed by atoms with Crippen LogP contribution in [-0.2, 0) is 11.3 Å². The van der Waals surface area contributed by atoms with Crippen molar-refractivity contribution in [2.24, 2.45) is 5.92 Å². The van der Waals surface area contributed by atoms with Gasteiger partial charge in [0.05, 0.1) is 0 Å². The van der Waals surface area contributed by atoms with Crippen LogP contribution in [0.3, 0.4) is 0 Å². The van der Waals surface area contributed by atoms with Crippen molar-refractivity contribution in [2.75, 3.05) is 26.8 Å². The summed E-state index contributed by atoms with van der Waals surface area (Å²) in [6.45, 7) is 2.93. The van der Waals surface area contributed by atoms with Gasteiger partial charge in [0.1, 0.15) is 0 Å². The summed E-state index contributed by atoms with van der Waals surface area (Å²) in [7, 11) is 1.72. The minimum atomic E-state index is 0.0471. The Kier molecular flexibility index (Phi) is 8.39. The fraction of sp³-hybridized carbons (Fsp3) is 0.550. The molecule has 0 spiro atoms. The zero-order valence-corrected chi connectivity index (χ0v) is 14.7. The van der Waals surface area contributed by atoms with Gasteiger partial charge < -0.3 is 15.0 Å². The topological polar surface area (TPSA) is 41.6 Å². The molecule has 1 aromatic carbocycles. The van der Waals surface area contributed by atoms with Crippen LogP contribution < -0.4 is 5.32 Å². The molecule has 24 heavy (non-hydrogen) atoms. The number of benzene rings is 1. The Labute approximate surface area is 145 Å². The summed E-state index contributed by atoms with van der Waals surface area (Å²) in [5.41, 5.74) is 1.17. The molecule has 0 fully saturated rings. The van der Waals surface area contributed by atoms with Crippen LogP contribution in [-0.4, -0.2) is 37.7 Å². The fourth-order valence-corrected chi connectivity index (χ4v) is 2.99. The van der Waals surface area contributed by atoms with Gasteiger partial charge >= 0.3 is 6.03 Å². The first-order valence-corrected chi connectivity index (χ1v) is 9.00. The van der Waals surface area contributed by atoms with Crippen LogP contribution in [0.4, 0.5) is 4.79 Å². The number of carbonyl (C=O) groups excluding carboxylic acids is 1. The number of carbonyl (C=O) groups is 1. The minimum Gasteiger partial charge on any atom is -0.385 e. The number of nitrogens with one attached hydrogen (secondary N) is 1. The van der Waals surface area contributed by atoms with Crippen LogP contribution in [0.2, 0.25) is 0 Å². The molecule has 0 aromatic heterocycles. The Morgan fingerprint density at radius 1 is 1.25 bits per heavy atom. The predicted molar refractivity (Wildman–Crippen MR) is 97.8 cm³/mol. The molecule has 1 aliphatic carbocycles. The van der Waals surface area contributed by atoms with Crippen molar-refractivity contribution >= 4 is 6.03 Å². The molecule has 132 valence electrons. The van der Waals surface area contributed by atoms with Crippen LogP contribution >= 0.6 is 0 Å². The summed E-state index contributed by atoms with van der Waals surface area (Å²) in [6.07, 6.45) is 9.77. The lowest BCUT2D eigenvalue weighted by atomic mass is 9.94. The fourth-order valence-electron chi connectivity index (χ4n) is 2.99. The zero-order chi connectivity index (χ0) is 17.0. The molecule has 0 bridgehead atoms. The second kappa shape index (κ2) is 10.9. The van der Waals surface area contributed by atoms with Gasteiger partial charge in [-0.05, 0) is 43.6 Å². The highest BCUT2D eigenvalue weighted by atomic mass is 16.5. The number of allylic oxidation sites excluding steroid dienone is 2. The van der Waals surface area contributed by atoms with Gasteiger partial charge in [-0.15, -0.1) is 0 Å². The average molecular weight is 330 g/mol. The molecule has 1 aromatic rings. The minimum absolute atomic E-state index is 0.0471. The van der Waals surface area contributed by atoms with E-state index in [-0.39, 0.29) is 6.03 Å². The zero-order valence-electron chi connectivity index (χ0n) is 14.7. The molecule has 0 heterocycles. The van der Waals surface area contributed by atoms with Gasteiger partial charge in [-0.1, -0.05) is 42.5 Å². The number of methoxy groups -OCH3 is 1. The van der Waals surface area contributed by atoms with Gasteiger partial charge in [-0.25, -0.2) is 4.79 Å². The lowest BCUT2D eigenvalue weighted by molar-refractivity contribution is 0.176. The van der Waals surface area contributed by atoms with Gasteiger partial charge in [0.2, 0.25) is 0 Å². The molecule has 4 heteroatoms. The van der Waals surface area contributed by atoms with Crippen molar-refractivity contribution < 1.29 is 9.53 Å². The lowest BCUT2D eigenvalue weighted by Gasteiger charge is -2.25. The average Bonchev–Trinajstić information content (AvgIpc) is 2.64. The second-order valence-corrected chi connectivity index (χ2v) is 6.44. The summed E-state index contributed by atoms with van der Waals surface area (Å²) in [4.78, 5) is 14.5. The summed E-state index contributed by atoms with van der Waals surface area (Å²) in [6, 6.07) is 10.2. The maximum absolute atomic E-state index is 12.6. The highest BCUT2D eigenvalue weighted by Crippen LogP contribution is 2.17. The molecule has 4 nitrogen and oxygen atoms in total. The molecule has 1 N–H and O–H groups in total. The van der Waals surface area contributed by atoms with Crippen molar-refractivity contribution in [3.8, 4) is 0 Å². The Morgan fingerprint density at radius 3 is 2.79 bits per heavy atom. The van der Waals surface area contributed by atoms with Crippen molar-refractivity contribution in [3.63, 3.8) is 0 Å². The molecule has 2 rings (SSSR count). The van der Waals surface area contributed by atoms with Gasteiger partial charge in [-0.2, -0.15) is 0 Å². The molecule has 0 aliphatic heterocycles. The highest BCUT2D eigenvalue weighted by Gasteiger charge is 2.16. The van der Waals surface area contributed by atoms with E-state index < -0.39 is 0 Å². The van der Waals surface area contributed by atoms with Crippen LogP contribution in [0.25, 0.3) is 0 Å². The van der Waals surface area contributed by atoms with Crippen LogP contribution in [0.15, 0.2) is 42.5 Å². The van der Waals surface area contributed by atoms with Gasteiger partial charge in [0.15, 0.2) is 0 Å². The van der Waals surface area contributed by atoms with Crippen LogP contribution in [0.1, 0.15) is 37.7 Å². The number of amides is 2. The molecule has 0 saturated heterocycles. The Balaban J connectivity index is 1.84. The summed E-state index contributed by atoms with van der Waals surface area (Å²) in [5, 5.41) is 3.14. The second-order valence-electron chi connectivity index (χ2n) is 6.44. The first-order valence-electron chi connectivity index (χ1n) is 9.00. The number of hydrogen-bond donors (Lipinski definition) is 1. The largest absolute Gasteiger partial charge is 0.385 e. The van der Waals surface area contributed by atoms with E-state index in [1.54, 1.807) is 7.11 Å². The maximum Gasteiger partial charge on any atom is 0.317 e. The first-order chi connectivity index (χ1) is 11.8. The highest BCUT2D eigenvalue weighted by molar-refractivity contribution is 5.74. The predicted octanol–water partition coefficient (Wildman–Crippen LogP) is 3.98. The Morgan fingerprint density at radius 2 is 2.08 bits per heavy atom. The number of ether oxygens (including phenoxy) is 1. The number of urea groups is 1. The number of unbranched alkanes of at least 4 members (excludes halogenated alkanes) is 1. The van der Waals surface area contributed by atoms with E-state index in [9.17, 15) is 4.79 Å². The summed E-state index contributed by atoms with van der Waals surface area (Å²) < 4.78 is 5.10. The van der Waals surface area contributed by atoms with Crippen LogP contribution in [0, 0.1) is 5.92 Å². The van der Waals surface area contributed by atoms with E-state index >= 15 is 0 Å². The Bertz CT molecular complexity index is 502. The smallest absolute Gasteiger partial charge is 0.317 e. The maximum atomic E-state index is 12.6. The molecule has 0 saturated carbocycles. The lowest BCUT2D eigenvalue weighted by Crippen LogP contribution is -2.42. The van der Waals surface area contributed by atoms with Crippen molar-refractivity contribution in [1.29, 1.82) is 0 Å². The summed E-state index contributed by atoms with van der Waals surface area (Å²) in [5.74, 6) is 0.575. The van der Waals surface area contributed by atoms with Crippen LogP contribution in [0.5, 0.6) is 0 Å². The molecule has 1 atom stereocenters. The standard InChI is InChI=1S/C20H30N2O2/c1-24-15-9-8-14-22(17-19-12-6-3-7-13-19)20(23)21-16-18-10-4-2-5-11-18/h2-4,6-7,12-13,18H,5,8-11,14-17H2,1H3,(H,21,23). The van der Waals surface area contributed by atoms with Crippen molar-refractivity contribution in [3.05, 3.63) is 48.0 Å². The van der Waals surface area contributed by atoms with Gasteiger partial charge in [-0.3, -0.25) is 0 Å². The van der Waals surface area contributed by atoms with E-state index in [1.807, 2.05) is 23.1 Å². The van der Waals surface area contributed by atoms with E-state index in [4.69, 9.17) is 4.74 Å². The molecule has 2 amide bonds. The number of hydrogen-bond acceptors (Lipinski definition) is 2. The number of rotatable bonds is 9. The number of nitrogens with zero attached hydrogens (tertiary/aromatic N) is 1. The van der Waals surface area contributed by atoms with Crippen molar-refractivity contribution in [2.45, 2.75) is 38.6 Å². The quantitative estimate of drug-likeness (QED) is 0.549. The molecule has 1 aliphatic rings. The van der Waals surface area contributed by atoms with E-state index in [0.29, 0.717) is 12.5 Å². The molecule has 0 radical (unpaired) electrons. The summed E-state index contributed by atoms with van der Waals surface area (Å²) >= 11 is 0. The first kappa shape index (κ1) is 18.5. The third-order valence-corrected chi connectivity index (χ3v) is 4.45. The van der Waals surface area contributed by atoms with E-state index in [1.165, 1.54) is 12.0 Å². The third kappa shape index (κ3) is 6.75. The van der Waals surface area contributed by atoms with E-state index in [0.717, 1.165) is 45.4 Å². The molecular weight excluding hydrogens is 300 g/mol. The molecule has 1 unspecified atom stereocenters. The van der Waals surface area contributed by atoms with E-state index in [2.05, 4.69) is 29.6 Å². The Hall–Kier alpha value is -1.81. The third-order valence-electron chi connectivity index (χ3n) is 4.45. The monoisotopic (exact) mass is 330 g/mol. The SMILES string of the molecule is COCCCCN(Cc1ccccc1)C(=O)NCC1CC=CCC1. The molecular formula is C20H30N2O2. The van der Waals surface area contributed by atoms with Gasteiger partial charge in [0.25, 0.3) is 0 Å². The normalized spacial score (nSPS) is 16.8.